The molecule has 2 nitrogen and oxygen atoms in total. The molecule has 0 heterocycles. The third kappa shape index (κ3) is 3.11. The maximum Gasteiger partial charge on any atom is 0.312 e. The fraction of sp³-hybridized carbons (Fsp3) is 0.105. The van der Waals surface area contributed by atoms with Gasteiger partial charge in [-0.3, -0.25) is 4.79 Å². The van der Waals surface area contributed by atoms with E-state index < -0.39 is 0 Å². The van der Waals surface area contributed by atoms with Crippen molar-refractivity contribution in [1.82, 2.24) is 4.90 Å². The van der Waals surface area contributed by atoms with Crippen LogP contribution in [0.4, 0.5) is 0 Å². The van der Waals surface area contributed by atoms with Crippen LogP contribution in [0, 0.1) is 0 Å². The summed E-state index contributed by atoms with van der Waals surface area (Å²) in [5, 5.41) is 2.38. The summed E-state index contributed by atoms with van der Waals surface area (Å²) < 4.78 is 0. The molecule has 21 heavy (non-hydrogen) atoms. The van der Waals surface area contributed by atoms with Crippen molar-refractivity contribution in [3.05, 3.63) is 83.9 Å². The van der Waals surface area contributed by atoms with Gasteiger partial charge in [-0.2, -0.15) is 0 Å². The lowest BCUT2D eigenvalue weighted by Crippen LogP contribution is -2.20. The predicted molar refractivity (Wildman–Crippen MR) is 85.3 cm³/mol. The highest BCUT2D eigenvalue weighted by Gasteiger charge is 2.08. The number of nitrogens with zero attached hydrogens (tertiary/aromatic N) is 1. The first-order chi connectivity index (χ1) is 10.4. The topological polar surface area (TPSA) is 20.3 Å². The Balaban J connectivity index is 1.84. The Bertz CT molecular complexity index is 731. The molecule has 3 rings (SSSR count). The molecule has 103 valence electrons. The molecule has 2 heteroatoms. The first kappa shape index (κ1) is 13.4. The summed E-state index contributed by atoms with van der Waals surface area (Å²) in [5.41, 5.74) is 2.26. The quantitative estimate of drug-likeness (QED) is 0.646. The number of amides is 1. The van der Waals surface area contributed by atoms with Gasteiger partial charge in [0.1, 0.15) is 0 Å². The highest BCUT2D eigenvalue weighted by molar-refractivity contribution is 5.85. The van der Waals surface area contributed by atoms with Crippen LogP contribution in [0.1, 0.15) is 11.1 Å². The van der Waals surface area contributed by atoms with Crippen molar-refractivity contribution in [3.8, 4) is 0 Å². The van der Waals surface area contributed by atoms with Crippen LogP contribution in [0.15, 0.2) is 72.8 Å². The number of benzene rings is 3. The fourth-order valence-corrected chi connectivity index (χ4v) is 2.56. The van der Waals surface area contributed by atoms with Crippen molar-refractivity contribution in [2.24, 2.45) is 0 Å². The van der Waals surface area contributed by atoms with Crippen LogP contribution in [0.3, 0.4) is 0 Å². The highest BCUT2D eigenvalue weighted by Crippen LogP contribution is 2.20. The Morgan fingerprint density at radius 3 is 2.29 bits per heavy atom. The van der Waals surface area contributed by atoms with Gasteiger partial charge in [-0.05, 0) is 21.9 Å². The predicted octanol–water partition coefficient (Wildman–Crippen LogP) is 3.91. The van der Waals surface area contributed by atoms with Gasteiger partial charge in [-0.1, -0.05) is 72.8 Å². The third-order valence-electron chi connectivity index (χ3n) is 3.59. The molecule has 3 aromatic carbocycles. The molecule has 1 amide bonds. The maximum atomic E-state index is 11.3. The number of fused-ring (bicyclic) bond motifs is 1. The standard InChI is InChI=1S/C19H16NO/c21-15-20(13-16-7-2-1-3-8-16)14-18-11-6-10-17-9-4-5-12-19(17)18/h1-12H,13-14H2. The lowest BCUT2D eigenvalue weighted by molar-refractivity contribution is 0.369. The van der Waals surface area contributed by atoms with Gasteiger partial charge in [0.15, 0.2) is 0 Å². The zero-order valence-corrected chi connectivity index (χ0v) is 11.7. The van der Waals surface area contributed by atoms with E-state index in [0.717, 1.165) is 11.1 Å². The monoisotopic (exact) mass is 274 g/mol. The molecule has 0 saturated carbocycles. The van der Waals surface area contributed by atoms with Gasteiger partial charge in [-0.15, -0.1) is 0 Å². The summed E-state index contributed by atoms with van der Waals surface area (Å²) >= 11 is 0. The van der Waals surface area contributed by atoms with Gasteiger partial charge in [-0.25, -0.2) is 0 Å². The molecule has 0 saturated heterocycles. The number of rotatable bonds is 5. The molecule has 0 aliphatic rings. The highest BCUT2D eigenvalue weighted by atomic mass is 16.1. The Kier molecular flexibility index (Phi) is 3.97. The van der Waals surface area contributed by atoms with Crippen molar-refractivity contribution < 1.29 is 4.79 Å². The lowest BCUT2D eigenvalue weighted by Gasteiger charge is -2.17. The van der Waals surface area contributed by atoms with Crippen LogP contribution in [0.5, 0.6) is 0 Å². The second-order valence-electron chi connectivity index (χ2n) is 5.07. The van der Waals surface area contributed by atoms with Crippen molar-refractivity contribution in [1.29, 1.82) is 0 Å². The molecular weight excluding hydrogens is 258 g/mol. The minimum absolute atomic E-state index is 0.569. The van der Waals surface area contributed by atoms with Gasteiger partial charge in [0.25, 0.3) is 0 Å². The van der Waals surface area contributed by atoms with Crippen molar-refractivity contribution in [3.63, 3.8) is 0 Å². The molecule has 0 aliphatic carbocycles. The molecular formula is C19H16NO. The summed E-state index contributed by atoms with van der Waals surface area (Å²) in [6.07, 6.45) is 2.05. The van der Waals surface area contributed by atoms with Crippen molar-refractivity contribution >= 4 is 17.2 Å². The van der Waals surface area contributed by atoms with E-state index in [0.29, 0.717) is 13.1 Å². The van der Waals surface area contributed by atoms with E-state index in [9.17, 15) is 4.79 Å². The molecule has 0 bridgehead atoms. The second kappa shape index (κ2) is 6.23. The largest absolute Gasteiger partial charge is 0.326 e. The van der Waals surface area contributed by atoms with Gasteiger partial charge >= 0.3 is 6.41 Å². The average Bonchev–Trinajstić information content (AvgIpc) is 2.55. The Labute approximate surface area is 124 Å². The molecule has 0 fully saturated rings. The van der Waals surface area contributed by atoms with Gasteiger partial charge in [0.2, 0.25) is 0 Å². The van der Waals surface area contributed by atoms with Crippen LogP contribution in [-0.2, 0) is 17.9 Å². The van der Waals surface area contributed by atoms with E-state index in [-0.39, 0.29) is 0 Å². The molecule has 0 aliphatic heterocycles. The number of hydrogen-bond acceptors (Lipinski definition) is 1. The normalized spacial score (nSPS) is 10.5. The second-order valence-corrected chi connectivity index (χ2v) is 5.07. The van der Waals surface area contributed by atoms with E-state index in [2.05, 4.69) is 24.3 Å². The summed E-state index contributed by atoms with van der Waals surface area (Å²) in [7, 11) is 0. The Morgan fingerprint density at radius 1 is 0.762 bits per heavy atom. The zero-order valence-electron chi connectivity index (χ0n) is 11.7. The SMILES string of the molecule is O=[C]N(Cc1ccccc1)Cc1cccc2ccccc12. The van der Waals surface area contributed by atoms with Gasteiger partial charge < -0.3 is 4.90 Å². The average molecular weight is 274 g/mol. The minimum Gasteiger partial charge on any atom is -0.326 e. The van der Waals surface area contributed by atoms with E-state index in [4.69, 9.17) is 0 Å². The van der Waals surface area contributed by atoms with Gasteiger partial charge in [0.05, 0.1) is 0 Å². The van der Waals surface area contributed by atoms with Crippen LogP contribution < -0.4 is 0 Å². The minimum atomic E-state index is 0.569. The molecule has 0 atom stereocenters. The van der Waals surface area contributed by atoms with Crippen molar-refractivity contribution in [2.45, 2.75) is 13.1 Å². The lowest BCUT2D eigenvalue weighted by atomic mass is 10.0. The van der Waals surface area contributed by atoms with E-state index in [1.165, 1.54) is 10.8 Å². The third-order valence-corrected chi connectivity index (χ3v) is 3.59. The fourth-order valence-electron chi connectivity index (χ4n) is 2.56. The smallest absolute Gasteiger partial charge is 0.312 e. The molecule has 0 unspecified atom stereocenters. The molecule has 0 aromatic heterocycles. The summed E-state index contributed by atoms with van der Waals surface area (Å²) in [6, 6.07) is 24.4. The molecule has 1 radical (unpaired) electrons. The number of carbonyl (C=O) groups excluding carboxylic acids is 1. The van der Waals surface area contributed by atoms with E-state index in [1.54, 1.807) is 4.90 Å². The summed E-state index contributed by atoms with van der Waals surface area (Å²) in [6.45, 7) is 1.15. The van der Waals surface area contributed by atoms with Crippen LogP contribution in [-0.4, -0.2) is 11.3 Å². The van der Waals surface area contributed by atoms with Crippen LogP contribution in [0.2, 0.25) is 0 Å². The van der Waals surface area contributed by atoms with Crippen molar-refractivity contribution in [2.75, 3.05) is 0 Å². The Hall–Kier alpha value is -2.61. The van der Waals surface area contributed by atoms with Crippen LogP contribution >= 0.6 is 0 Å². The zero-order chi connectivity index (χ0) is 14.5. The molecule has 0 spiro atoms. The molecule has 3 aromatic rings. The Morgan fingerprint density at radius 2 is 1.48 bits per heavy atom. The van der Waals surface area contributed by atoms with Crippen LogP contribution in [0.25, 0.3) is 10.8 Å². The summed E-state index contributed by atoms with van der Waals surface area (Å²) in [4.78, 5) is 12.9. The maximum absolute atomic E-state index is 11.3. The first-order valence-electron chi connectivity index (χ1n) is 7.00. The molecule has 0 N–H and O–H groups in total. The summed E-state index contributed by atoms with van der Waals surface area (Å²) in [5.74, 6) is 0. The van der Waals surface area contributed by atoms with Gasteiger partial charge in [0, 0.05) is 13.1 Å². The van der Waals surface area contributed by atoms with E-state index >= 15 is 0 Å². The first-order valence-corrected chi connectivity index (χ1v) is 7.00. The van der Waals surface area contributed by atoms with E-state index in [1.807, 2.05) is 54.9 Å². The number of hydrogen-bond donors (Lipinski definition) is 0.